The SMILES string of the molecule is COc1c(N)cccc1C(=O)Nc1c(C(F)(F)F)c(C(F)(F)C(F)(F)F)nn1C. The van der Waals surface area contributed by atoms with Crippen molar-refractivity contribution >= 4 is 17.4 Å². The van der Waals surface area contributed by atoms with Crippen molar-refractivity contribution in [3.05, 3.63) is 35.0 Å². The van der Waals surface area contributed by atoms with Gasteiger partial charge in [0.1, 0.15) is 11.4 Å². The van der Waals surface area contributed by atoms with Gasteiger partial charge >= 0.3 is 18.3 Å². The third kappa shape index (κ3) is 3.91. The third-order valence-corrected chi connectivity index (χ3v) is 3.71. The minimum absolute atomic E-state index is 0.0640. The van der Waals surface area contributed by atoms with Crippen LogP contribution in [0.2, 0.25) is 0 Å². The minimum Gasteiger partial charge on any atom is -0.494 e. The van der Waals surface area contributed by atoms with Gasteiger partial charge in [0.15, 0.2) is 11.4 Å². The average molecular weight is 432 g/mol. The summed E-state index contributed by atoms with van der Waals surface area (Å²) in [4.78, 5) is 12.4. The van der Waals surface area contributed by atoms with Gasteiger partial charge in [0.2, 0.25) is 0 Å². The number of methoxy groups -OCH3 is 1. The van der Waals surface area contributed by atoms with E-state index in [1.165, 1.54) is 12.1 Å². The smallest absolute Gasteiger partial charge is 0.459 e. The first-order chi connectivity index (χ1) is 13.1. The molecule has 0 aliphatic rings. The van der Waals surface area contributed by atoms with Gasteiger partial charge in [-0.2, -0.15) is 40.2 Å². The molecule has 0 aliphatic heterocycles. The molecule has 14 heteroatoms. The van der Waals surface area contributed by atoms with Crippen LogP contribution in [0.1, 0.15) is 21.6 Å². The molecule has 2 aromatic rings. The Kier molecular flexibility index (Phi) is 5.43. The molecular weight excluding hydrogens is 420 g/mol. The first-order valence-electron chi connectivity index (χ1n) is 7.46. The number of nitrogens with one attached hydrogen (secondary N) is 1. The number of hydrogen-bond donors (Lipinski definition) is 2. The van der Waals surface area contributed by atoms with Crippen LogP contribution in [0.3, 0.4) is 0 Å². The maximum atomic E-state index is 13.6. The van der Waals surface area contributed by atoms with Crippen molar-refractivity contribution in [1.82, 2.24) is 9.78 Å². The molecule has 0 saturated heterocycles. The van der Waals surface area contributed by atoms with Gasteiger partial charge < -0.3 is 15.8 Å². The highest BCUT2D eigenvalue weighted by Crippen LogP contribution is 2.49. The van der Waals surface area contributed by atoms with Gasteiger partial charge in [0.05, 0.1) is 18.4 Å². The molecule has 0 saturated carbocycles. The predicted molar refractivity (Wildman–Crippen MR) is 83.5 cm³/mol. The molecule has 0 fully saturated rings. The largest absolute Gasteiger partial charge is 0.494 e. The molecular formula is C15H12F8N4O2. The number of para-hydroxylation sites is 1. The average Bonchev–Trinajstić information content (AvgIpc) is 2.90. The Bertz CT molecular complexity index is 934. The summed E-state index contributed by atoms with van der Waals surface area (Å²) in [7, 11) is 1.77. The Morgan fingerprint density at radius 2 is 1.72 bits per heavy atom. The molecule has 0 atom stereocenters. The highest BCUT2D eigenvalue weighted by atomic mass is 19.4. The topological polar surface area (TPSA) is 82.2 Å². The van der Waals surface area contributed by atoms with Crippen LogP contribution in [-0.2, 0) is 19.1 Å². The van der Waals surface area contributed by atoms with Crippen LogP contribution >= 0.6 is 0 Å². The van der Waals surface area contributed by atoms with Crippen molar-refractivity contribution in [3.8, 4) is 5.75 Å². The fraction of sp³-hybridized carbons (Fsp3) is 0.333. The minimum atomic E-state index is -6.35. The van der Waals surface area contributed by atoms with E-state index < -0.39 is 41.3 Å². The summed E-state index contributed by atoms with van der Waals surface area (Å²) in [5.41, 5.74) is 0.107. The quantitative estimate of drug-likeness (QED) is 0.567. The van der Waals surface area contributed by atoms with E-state index in [9.17, 15) is 39.9 Å². The van der Waals surface area contributed by atoms with Crippen LogP contribution in [0.4, 0.5) is 46.6 Å². The number of nitrogen functional groups attached to an aromatic ring is 1. The fourth-order valence-electron chi connectivity index (χ4n) is 2.43. The molecule has 160 valence electrons. The standard InChI is InChI=1S/C15H12F8N4O2/c1-27-11(25-12(28)6-4-3-5-7(24)9(6)29-2)8(14(18,19)20)10(26-27)13(16,17)15(21,22)23/h3-5H,24H2,1-2H3,(H,25,28). The Labute approximate surface area is 157 Å². The summed E-state index contributed by atoms with van der Waals surface area (Å²) in [6.45, 7) is 0. The van der Waals surface area contributed by atoms with Gasteiger partial charge in [-0.3, -0.25) is 9.48 Å². The van der Waals surface area contributed by atoms with Crippen molar-refractivity contribution in [2.24, 2.45) is 7.05 Å². The van der Waals surface area contributed by atoms with Crippen molar-refractivity contribution in [1.29, 1.82) is 0 Å². The van der Waals surface area contributed by atoms with E-state index in [-0.39, 0.29) is 21.7 Å². The second kappa shape index (κ2) is 7.08. The zero-order valence-corrected chi connectivity index (χ0v) is 14.5. The second-order valence-corrected chi connectivity index (χ2v) is 5.65. The zero-order valence-electron chi connectivity index (χ0n) is 14.5. The summed E-state index contributed by atoms with van der Waals surface area (Å²) in [6, 6.07) is 3.66. The molecule has 1 amide bonds. The Morgan fingerprint density at radius 3 is 2.21 bits per heavy atom. The number of ether oxygens (including phenoxy) is 1. The number of amides is 1. The second-order valence-electron chi connectivity index (χ2n) is 5.65. The number of nitrogens with two attached hydrogens (primary N) is 1. The number of halogens is 8. The summed E-state index contributed by atoms with van der Waals surface area (Å²) >= 11 is 0. The molecule has 3 N–H and O–H groups in total. The van der Waals surface area contributed by atoms with Crippen LogP contribution in [0.5, 0.6) is 5.75 Å². The molecule has 0 radical (unpaired) electrons. The van der Waals surface area contributed by atoms with Gasteiger partial charge in [0.25, 0.3) is 5.91 Å². The van der Waals surface area contributed by atoms with E-state index in [4.69, 9.17) is 10.5 Å². The van der Waals surface area contributed by atoms with Crippen LogP contribution < -0.4 is 15.8 Å². The van der Waals surface area contributed by atoms with E-state index in [1.54, 1.807) is 5.32 Å². The lowest BCUT2D eigenvalue weighted by molar-refractivity contribution is -0.292. The Morgan fingerprint density at radius 1 is 1.14 bits per heavy atom. The molecule has 0 bridgehead atoms. The molecule has 0 unspecified atom stereocenters. The summed E-state index contributed by atoms with van der Waals surface area (Å²) in [5.74, 6) is -8.87. The van der Waals surface area contributed by atoms with Crippen molar-refractivity contribution < 1.29 is 44.7 Å². The van der Waals surface area contributed by atoms with Crippen LogP contribution in [0.25, 0.3) is 0 Å². The van der Waals surface area contributed by atoms with Crippen molar-refractivity contribution in [2.45, 2.75) is 18.3 Å². The van der Waals surface area contributed by atoms with Gasteiger partial charge in [0, 0.05) is 7.05 Å². The lowest BCUT2D eigenvalue weighted by atomic mass is 10.1. The van der Waals surface area contributed by atoms with Crippen LogP contribution in [0, 0.1) is 0 Å². The van der Waals surface area contributed by atoms with Gasteiger partial charge in [-0.1, -0.05) is 6.07 Å². The molecule has 0 aliphatic carbocycles. The van der Waals surface area contributed by atoms with Crippen molar-refractivity contribution in [2.75, 3.05) is 18.2 Å². The molecule has 29 heavy (non-hydrogen) atoms. The number of nitrogens with zero attached hydrogens (tertiary/aromatic N) is 2. The van der Waals surface area contributed by atoms with E-state index in [0.717, 1.165) is 13.2 Å². The number of aryl methyl sites for hydroxylation is 1. The number of aromatic nitrogens is 2. The van der Waals surface area contributed by atoms with Gasteiger partial charge in [-0.15, -0.1) is 0 Å². The molecule has 1 heterocycles. The first kappa shape index (κ1) is 22.2. The lowest BCUT2D eigenvalue weighted by Crippen LogP contribution is -2.36. The number of benzene rings is 1. The Balaban J connectivity index is 2.63. The number of alkyl halides is 8. The van der Waals surface area contributed by atoms with E-state index in [0.29, 0.717) is 7.05 Å². The van der Waals surface area contributed by atoms with E-state index in [1.807, 2.05) is 0 Å². The zero-order chi connectivity index (χ0) is 22.4. The molecule has 6 nitrogen and oxygen atoms in total. The molecule has 0 spiro atoms. The van der Waals surface area contributed by atoms with Crippen molar-refractivity contribution in [3.63, 3.8) is 0 Å². The summed E-state index contributed by atoms with van der Waals surface area (Å²) in [5, 5.41) is 4.33. The molecule has 1 aromatic carbocycles. The molecule has 2 rings (SSSR count). The normalized spacial score (nSPS) is 12.8. The predicted octanol–water partition coefficient (Wildman–Crippen LogP) is 3.94. The van der Waals surface area contributed by atoms with Crippen LogP contribution in [-0.4, -0.2) is 29.0 Å². The Hall–Kier alpha value is -3.06. The maximum Gasteiger partial charge on any atom is 0.459 e. The monoisotopic (exact) mass is 432 g/mol. The summed E-state index contributed by atoms with van der Waals surface area (Å²) < 4.78 is 110. The number of anilines is 2. The first-order valence-corrected chi connectivity index (χ1v) is 7.46. The number of hydrogen-bond acceptors (Lipinski definition) is 4. The maximum absolute atomic E-state index is 13.6. The molecule has 1 aromatic heterocycles. The highest BCUT2D eigenvalue weighted by Gasteiger charge is 2.64. The van der Waals surface area contributed by atoms with Gasteiger partial charge in [-0.05, 0) is 12.1 Å². The van der Waals surface area contributed by atoms with E-state index >= 15 is 0 Å². The summed E-state index contributed by atoms with van der Waals surface area (Å²) in [6.07, 6.45) is -12.0. The lowest BCUT2D eigenvalue weighted by Gasteiger charge is -2.20. The number of carbonyl (C=O) groups is 1. The number of rotatable bonds is 4. The third-order valence-electron chi connectivity index (χ3n) is 3.71. The highest BCUT2D eigenvalue weighted by molar-refractivity contribution is 6.07. The van der Waals surface area contributed by atoms with E-state index in [2.05, 4.69) is 5.10 Å². The van der Waals surface area contributed by atoms with Crippen LogP contribution in [0.15, 0.2) is 18.2 Å². The van der Waals surface area contributed by atoms with Gasteiger partial charge in [-0.25, -0.2) is 0 Å². The number of carbonyl (C=O) groups excluding carboxylic acids is 1. The fourth-order valence-corrected chi connectivity index (χ4v) is 2.43.